The number of hydrogen-bond acceptors (Lipinski definition) is 1. The first-order valence-electron chi connectivity index (χ1n) is 5.38. The molecule has 0 fully saturated rings. The molecule has 1 nitrogen and oxygen atoms in total. The molecule has 2 N–H and O–H groups in total. The van der Waals surface area contributed by atoms with Crippen molar-refractivity contribution in [3.05, 3.63) is 33.8 Å². The van der Waals surface area contributed by atoms with Gasteiger partial charge < -0.3 is 5.73 Å². The highest BCUT2D eigenvalue weighted by molar-refractivity contribution is 9.10. The van der Waals surface area contributed by atoms with E-state index in [0.29, 0.717) is 6.42 Å². The molecule has 5 heteroatoms. The lowest BCUT2D eigenvalue weighted by Gasteiger charge is -2.15. The predicted octanol–water partition coefficient (Wildman–Crippen LogP) is 4.49. The molecular formula is C12H15BrF3N. The number of nitrogens with two attached hydrogens (primary N) is 1. The zero-order valence-corrected chi connectivity index (χ0v) is 11.1. The van der Waals surface area contributed by atoms with Crippen LogP contribution >= 0.6 is 15.9 Å². The van der Waals surface area contributed by atoms with Crippen molar-refractivity contribution < 1.29 is 13.2 Å². The summed E-state index contributed by atoms with van der Waals surface area (Å²) in [6.45, 7) is 1.91. The monoisotopic (exact) mass is 309 g/mol. The lowest BCUT2D eigenvalue weighted by Crippen LogP contribution is -2.14. The van der Waals surface area contributed by atoms with Gasteiger partial charge in [-0.2, -0.15) is 13.2 Å². The molecule has 1 unspecified atom stereocenters. The molecular weight excluding hydrogens is 295 g/mol. The number of aryl methyl sites for hydroxylation is 1. The van der Waals surface area contributed by atoms with Gasteiger partial charge in [0.25, 0.3) is 0 Å². The first kappa shape index (κ1) is 14.5. The molecule has 0 saturated carbocycles. The Hall–Kier alpha value is -0.550. The summed E-state index contributed by atoms with van der Waals surface area (Å²) in [5.41, 5.74) is 7.80. The minimum absolute atomic E-state index is 0.0696. The third kappa shape index (κ3) is 5.08. The summed E-state index contributed by atoms with van der Waals surface area (Å²) in [4.78, 5) is 0. The highest BCUT2D eigenvalue weighted by Gasteiger charge is 2.26. The zero-order chi connectivity index (χ0) is 13.1. The Morgan fingerprint density at radius 3 is 2.53 bits per heavy atom. The zero-order valence-electron chi connectivity index (χ0n) is 9.52. The standard InChI is InChI=1S/C12H15BrF3N/c1-8-7-9(13)4-5-10(8)11(17)3-2-6-12(14,15)16/h4-5,7,11H,2-3,6,17H2,1H3. The van der Waals surface area contributed by atoms with Gasteiger partial charge in [-0.3, -0.25) is 0 Å². The number of hydrogen-bond donors (Lipinski definition) is 1. The third-order valence-corrected chi connectivity index (χ3v) is 3.10. The first-order valence-corrected chi connectivity index (χ1v) is 6.17. The number of alkyl halides is 3. The van der Waals surface area contributed by atoms with Crippen molar-refractivity contribution in [2.45, 2.75) is 38.4 Å². The molecule has 0 aliphatic heterocycles. The van der Waals surface area contributed by atoms with Gasteiger partial charge in [-0.05, 0) is 43.0 Å². The molecule has 1 aromatic carbocycles. The summed E-state index contributed by atoms with van der Waals surface area (Å²) in [7, 11) is 0. The lowest BCUT2D eigenvalue weighted by molar-refractivity contribution is -0.135. The van der Waals surface area contributed by atoms with E-state index < -0.39 is 12.6 Å². The molecule has 0 aliphatic rings. The number of benzene rings is 1. The molecule has 0 radical (unpaired) electrons. The summed E-state index contributed by atoms with van der Waals surface area (Å²) in [6.07, 6.45) is -4.44. The second-order valence-corrected chi connectivity index (χ2v) is 5.03. The van der Waals surface area contributed by atoms with Crippen LogP contribution in [0.15, 0.2) is 22.7 Å². The summed E-state index contributed by atoms with van der Waals surface area (Å²) in [6, 6.07) is 5.30. The van der Waals surface area contributed by atoms with E-state index in [2.05, 4.69) is 15.9 Å². The maximum absolute atomic E-state index is 12.0. The van der Waals surface area contributed by atoms with Crippen molar-refractivity contribution in [2.75, 3.05) is 0 Å². The van der Waals surface area contributed by atoms with E-state index in [1.807, 2.05) is 25.1 Å². The Bertz CT molecular complexity index is 377. The van der Waals surface area contributed by atoms with Crippen molar-refractivity contribution in [3.8, 4) is 0 Å². The SMILES string of the molecule is Cc1cc(Br)ccc1C(N)CCCC(F)(F)F. The van der Waals surface area contributed by atoms with E-state index in [0.717, 1.165) is 15.6 Å². The van der Waals surface area contributed by atoms with E-state index in [1.54, 1.807) is 0 Å². The van der Waals surface area contributed by atoms with E-state index >= 15 is 0 Å². The maximum Gasteiger partial charge on any atom is 0.389 e. The fraction of sp³-hybridized carbons (Fsp3) is 0.500. The van der Waals surface area contributed by atoms with Crippen molar-refractivity contribution in [3.63, 3.8) is 0 Å². The Morgan fingerprint density at radius 1 is 1.35 bits per heavy atom. The van der Waals surface area contributed by atoms with Gasteiger partial charge in [-0.1, -0.05) is 22.0 Å². The largest absolute Gasteiger partial charge is 0.389 e. The van der Waals surface area contributed by atoms with Crippen LogP contribution in [0.4, 0.5) is 13.2 Å². The van der Waals surface area contributed by atoms with Gasteiger partial charge in [-0.15, -0.1) is 0 Å². The van der Waals surface area contributed by atoms with Crippen LogP contribution in [0.25, 0.3) is 0 Å². The second-order valence-electron chi connectivity index (χ2n) is 4.11. The Labute approximate surface area is 107 Å². The molecule has 0 spiro atoms. The molecule has 0 heterocycles. The molecule has 96 valence electrons. The quantitative estimate of drug-likeness (QED) is 0.871. The Balaban J connectivity index is 2.55. The summed E-state index contributed by atoms with van der Waals surface area (Å²) in [5.74, 6) is 0. The molecule has 0 aromatic heterocycles. The molecule has 0 saturated heterocycles. The lowest BCUT2D eigenvalue weighted by atomic mass is 9.98. The van der Waals surface area contributed by atoms with Crippen LogP contribution in [0.2, 0.25) is 0 Å². The van der Waals surface area contributed by atoms with Gasteiger partial charge in [0.15, 0.2) is 0 Å². The van der Waals surface area contributed by atoms with Crippen LogP contribution in [-0.4, -0.2) is 6.18 Å². The maximum atomic E-state index is 12.0. The molecule has 1 aromatic rings. The number of rotatable bonds is 4. The Kier molecular flexibility index (Phi) is 5.01. The average Bonchev–Trinajstić information content (AvgIpc) is 2.15. The van der Waals surface area contributed by atoms with Crippen molar-refractivity contribution in [2.24, 2.45) is 5.73 Å². The number of halogens is 4. The average molecular weight is 310 g/mol. The highest BCUT2D eigenvalue weighted by Crippen LogP contribution is 2.27. The molecule has 1 rings (SSSR count). The van der Waals surface area contributed by atoms with Gasteiger partial charge in [0, 0.05) is 16.9 Å². The fourth-order valence-electron chi connectivity index (χ4n) is 1.73. The van der Waals surface area contributed by atoms with Gasteiger partial charge in [0.2, 0.25) is 0 Å². The first-order chi connectivity index (χ1) is 7.79. The van der Waals surface area contributed by atoms with Gasteiger partial charge in [0.05, 0.1) is 0 Å². The van der Waals surface area contributed by atoms with E-state index in [9.17, 15) is 13.2 Å². The topological polar surface area (TPSA) is 26.0 Å². The smallest absolute Gasteiger partial charge is 0.324 e. The van der Waals surface area contributed by atoms with Crippen molar-refractivity contribution in [1.82, 2.24) is 0 Å². The minimum atomic E-state index is -4.09. The molecule has 0 aliphatic carbocycles. The second kappa shape index (κ2) is 5.87. The van der Waals surface area contributed by atoms with E-state index in [-0.39, 0.29) is 12.5 Å². The van der Waals surface area contributed by atoms with Gasteiger partial charge in [-0.25, -0.2) is 0 Å². The minimum Gasteiger partial charge on any atom is -0.324 e. The van der Waals surface area contributed by atoms with Crippen molar-refractivity contribution in [1.29, 1.82) is 0 Å². The Morgan fingerprint density at radius 2 is 2.00 bits per heavy atom. The van der Waals surface area contributed by atoms with E-state index in [4.69, 9.17) is 5.73 Å². The van der Waals surface area contributed by atoms with Crippen LogP contribution in [0, 0.1) is 6.92 Å². The summed E-state index contributed by atoms with van der Waals surface area (Å²) in [5, 5.41) is 0. The predicted molar refractivity (Wildman–Crippen MR) is 65.7 cm³/mol. The highest BCUT2D eigenvalue weighted by atomic mass is 79.9. The summed E-state index contributed by atoms with van der Waals surface area (Å²) >= 11 is 3.33. The van der Waals surface area contributed by atoms with E-state index in [1.165, 1.54) is 0 Å². The molecule has 0 amide bonds. The van der Waals surface area contributed by atoms with Gasteiger partial charge >= 0.3 is 6.18 Å². The molecule has 0 bridgehead atoms. The van der Waals surface area contributed by atoms with Crippen LogP contribution < -0.4 is 5.73 Å². The van der Waals surface area contributed by atoms with Crippen LogP contribution in [0.3, 0.4) is 0 Å². The van der Waals surface area contributed by atoms with Crippen LogP contribution in [0.5, 0.6) is 0 Å². The molecule has 17 heavy (non-hydrogen) atoms. The molecule has 1 atom stereocenters. The van der Waals surface area contributed by atoms with Crippen LogP contribution in [-0.2, 0) is 0 Å². The van der Waals surface area contributed by atoms with Crippen LogP contribution in [0.1, 0.15) is 36.4 Å². The normalized spacial score (nSPS) is 13.8. The van der Waals surface area contributed by atoms with Crippen molar-refractivity contribution >= 4 is 15.9 Å². The van der Waals surface area contributed by atoms with Gasteiger partial charge in [0.1, 0.15) is 0 Å². The fourth-order valence-corrected chi connectivity index (χ4v) is 2.21. The third-order valence-electron chi connectivity index (χ3n) is 2.61. The summed E-state index contributed by atoms with van der Waals surface area (Å²) < 4.78 is 36.9.